The Morgan fingerprint density at radius 3 is 2.45 bits per heavy atom. The molecule has 1 rings (SSSR count). The van der Waals surface area contributed by atoms with Gasteiger partial charge >= 0.3 is 0 Å². The highest BCUT2D eigenvalue weighted by Crippen LogP contribution is 2.16. The van der Waals surface area contributed by atoms with Gasteiger partial charge in [-0.15, -0.1) is 21.8 Å². The van der Waals surface area contributed by atoms with Crippen LogP contribution in [0.15, 0.2) is 4.34 Å². The summed E-state index contributed by atoms with van der Waals surface area (Å²) >= 11 is 6.40. The minimum absolute atomic E-state index is 0.0214. The van der Waals surface area contributed by atoms with Crippen LogP contribution in [0.5, 0.6) is 0 Å². The number of nitrogens with zero attached hydrogens (tertiary/aromatic N) is 2. The van der Waals surface area contributed by atoms with E-state index in [1.54, 1.807) is 0 Å². The van der Waals surface area contributed by atoms with Gasteiger partial charge in [-0.05, 0) is 0 Å². The molecule has 0 saturated carbocycles. The lowest BCUT2D eigenvalue weighted by molar-refractivity contribution is 0.600. The van der Waals surface area contributed by atoms with Crippen molar-refractivity contribution < 1.29 is 8.42 Å². The third kappa shape index (κ3) is 2.11. The number of aromatic nitrogens is 2. The monoisotopic (exact) mass is 212 g/mol. The Morgan fingerprint density at radius 1 is 1.55 bits per heavy atom. The number of rotatable bonds is 2. The van der Waals surface area contributed by atoms with Crippen molar-refractivity contribution in [1.82, 2.24) is 10.2 Å². The molecule has 62 valence electrons. The maximum Gasteiger partial charge on any atom is 0.232 e. The van der Waals surface area contributed by atoms with E-state index in [-0.39, 0.29) is 10.2 Å². The van der Waals surface area contributed by atoms with E-state index in [4.69, 9.17) is 11.6 Å². The van der Waals surface area contributed by atoms with Gasteiger partial charge < -0.3 is 0 Å². The summed E-state index contributed by atoms with van der Waals surface area (Å²) in [5.41, 5.74) is 0. The van der Waals surface area contributed by atoms with Gasteiger partial charge in [0.15, 0.2) is 0 Å². The molecule has 4 nitrogen and oxygen atoms in total. The number of alkyl halides is 1. The third-order valence-corrected chi connectivity index (χ3v) is 3.88. The second kappa shape index (κ2) is 3.04. The molecule has 0 N–H and O–H groups in total. The first-order valence-corrected chi connectivity index (χ1v) is 5.86. The normalized spacial score (nSPS) is 11.8. The molecule has 0 spiro atoms. The van der Waals surface area contributed by atoms with Crippen LogP contribution in [-0.2, 0) is 15.7 Å². The molecule has 0 fully saturated rings. The summed E-state index contributed by atoms with van der Waals surface area (Å²) in [6.45, 7) is 0. The van der Waals surface area contributed by atoms with Gasteiger partial charge in [-0.3, -0.25) is 0 Å². The predicted octanol–water partition coefficient (Wildman–Crippen LogP) is 0.680. The Balaban J connectivity index is 3.09. The second-order valence-corrected chi connectivity index (χ2v) is 5.39. The lowest BCUT2D eigenvalue weighted by Gasteiger charge is -1.83. The van der Waals surface area contributed by atoms with E-state index < -0.39 is 9.84 Å². The van der Waals surface area contributed by atoms with Gasteiger partial charge in [0.2, 0.25) is 14.2 Å². The molecular formula is C4H5ClN2O2S2. The van der Waals surface area contributed by atoms with E-state index in [0.29, 0.717) is 5.01 Å². The Kier molecular flexibility index (Phi) is 2.46. The topological polar surface area (TPSA) is 59.9 Å². The Bertz CT molecular complexity index is 345. The summed E-state index contributed by atoms with van der Waals surface area (Å²) in [6, 6.07) is 0. The minimum atomic E-state index is -3.21. The van der Waals surface area contributed by atoms with Gasteiger partial charge in [-0.2, -0.15) is 0 Å². The van der Waals surface area contributed by atoms with Crippen molar-refractivity contribution >= 4 is 32.8 Å². The molecule has 0 aliphatic rings. The van der Waals surface area contributed by atoms with Crippen LogP contribution in [0.3, 0.4) is 0 Å². The Morgan fingerprint density at radius 2 is 2.18 bits per heavy atom. The molecule has 0 bridgehead atoms. The second-order valence-electron chi connectivity index (χ2n) is 1.87. The Labute approximate surface area is 73.1 Å². The zero-order valence-electron chi connectivity index (χ0n) is 5.61. The summed E-state index contributed by atoms with van der Waals surface area (Å²) in [5.74, 6) is 0.202. The van der Waals surface area contributed by atoms with E-state index in [1.165, 1.54) is 0 Å². The number of sulfone groups is 1. The van der Waals surface area contributed by atoms with Crippen molar-refractivity contribution in [3.05, 3.63) is 5.01 Å². The molecule has 1 heterocycles. The maximum atomic E-state index is 10.8. The van der Waals surface area contributed by atoms with Crippen molar-refractivity contribution in [3.8, 4) is 0 Å². The highest BCUT2D eigenvalue weighted by Gasteiger charge is 2.13. The van der Waals surface area contributed by atoms with Crippen LogP contribution in [0.1, 0.15) is 5.01 Å². The summed E-state index contributed by atoms with van der Waals surface area (Å²) in [6.07, 6.45) is 1.09. The minimum Gasteiger partial charge on any atom is -0.221 e. The molecular weight excluding hydrogens is 208 g/mol. The van der Waals surface area contributed by atoms with E-state index in [0.717, 1.165) is 17.6 Å². The van der Waals surface area contributed by atoms with E-state index in [2.05, 4.69) is 10.2 Å². The Hall–Kier alpha value is -0.200. The lowest BCUT2D eigenvalue weighted by Crippen LogP contribution is -1.95. The highest BCUT2D eigenvalue weighted by molar-refractivity contribution is 7.92. The molecule has 0 atom stereocenters. The van der Waals surface area contributed by atoms with Crippen LogP contribution < -0.4 is 0 Å². The van der Waals surface area contributed by atoms with Crippen LogP contribution >= 0.6 is 22.9 Å². The third-order valence-electron chi connectivity index (χ3n) is 0.880. The molecule has 0 aliphatic heterocycles. The number of hydrogen-bond acceptors (Lipinski definition) is 5. The molecule has 7 heteroatoms. The zero-order valence-corrected chi connectivity index (χ0v) is 8.00. The predicted molar refractivity (Wildman–Crippen MR) is 42.6 cm³/mol. The highest BCUT2D eigenvalue weighted by atomic mass is 35.5. The number of hydrogen-bond donors (Lipinski definition) is 0. The summed E-state index contributed by atoms with van der Waals surface area (Å²) in [7, 11) is -3.21. The molecule has 1 aromatic heterocycles. The molecule has 0 aliphatic carbocycles. The van der Waals surface area contributed by atoms with E-state index >= 15 is 0 Å². The molecule has 11 heavy (non-hydrogen) atoms. The SMILES string of the molecule is CS(=O)(=O)c1nnc(CCl)s1. The van der Waals surface area contributed by atoms with Crippen molar-refractivity contribution in [3.63, 3.8) is 0 Å². The molecule has 0 unspecified atom stereocenters. The first kappa shape index (κ1) is 8.89. The van der Waals surface area contributed by atoms with Gasteiger partial charge in [-0.25, -0.2) is 8.42 Å². The van der Waals surface area contributed by atoms with Gasteiger partial charge in [0.05, 0.1) is 5.88 Å². The van der Waals surface area contributed by atoms with Crippen LogP contribution in [0.2, 0.25) is 0 Å². The van der Waals surface area contributed by atoms with Gasteiger partial charge in [0.1, 0.15) is 5.01 Å². The van der Waals surface area contributed by atoms with Crippen molar-refractivity contribution in [2.24, 2.45) is 0 Å². The summed E-state index contributed by atoms with van der Waals surface area (Å²) in [5, 5.41) is 7.53. The largest absolute Gasteiger partial charge is 0.232 e. The first-order chi connectivity index (χ1) is 5.04. The smallest absolute Gasteiger partial charge is 0.221 e. The fourth-order valence-electron chi connectivity index (χ4n) is 0.442. The molecule has 1 aromatic rings. The summed E-state index contributed by atoms with van der Waals surface area (Å²) < 4.78 is 21.7. The van der Waals surface area contributed by atoms with Crippen LogP contribution in [0, 0.1) is 0 Å². The quantitative estimate of drug-likeness (QED) is 0.677. The maximum absolute atomic E-state index is 10.8. The van der Waals surface area contributed by atoms with E-state index in [9.17, 15) is 8.42 Å². The van der Waals surface area contributed by atoms with Gasteiger partial charge in [0, 0.05) is 6.26 Å². The van der Waals surface area contributed by atoms with E-state index in [1.807, 2.05) is 0 Å². The molecule has 0 saturated heterocycles. The fourth-order valence-corrected chi connectivity index (χ4v) is 2.16. The van der Waals surface area contributed by atoms with Crippen molar-refractivity contribution in [1.29, 1.82) is 0 Å². The van der Waals surface area contributed by atoms with Crippen molar-refractivity contribution in [2.75, 3.05) is 6.26 Å². The van der Waals surface area contributed by atoms with Gasteiger partial charge in [0.25, 0.3) is 0 Å². The summed E-state index contributed by atoms with van der Waals surface area (Å²) in [4.78, 5) is 0. The van der Waals surface area contributed by atoms with Gasteiger partial charge in [-0.1, -0.05) is 11.3 Å². The van der Waals surface area contributed by atoms with Crippen LogP contribution in [0.25, 0.3) is 0 Å². The average molecular weight is 213 g/mol. The van der Waals surface area contributed by atoms with Crippen LogP contribution in [-0.4, -0.2) is 24.9 Å². The van der Waals surface area contributed by atoms with Crippen LogP contribution in [0.4, 0.5) is 0 Å². The average Bonchev–Trinajstić information content (AvgIpc) is 2.32. The number of halogens is 1. The zero-order chi connectivity index (χ0) is 8.48. The molecule has 0 radical (unpaired) electrons. The molecule has 0 aromatic carbocycles. The molecule has 0 amide bonds. The first-order valence-electron chi connectivity index (χ1n) is 2.62. The van der Waals surface area contributed by atoms with Crippen molar-refractivity contribution in [2.45, 2.75) is 10.2 Å². The standard InChI is InChI=1S/C4H5ClN2O2S2/c1-11(8,9)4-7-6-3(2-5)10-4/h2H2,1H3. The fraction of sp³-hybridized carbons (Fsp3) is 0.500. The lowest BCUT2D eigenvalue weighted by atomic mass is 10.9.